The lowest BCUT2D eigenvalue weighted by Gasteiger charge is -2.14. The average molecular weight is 505 g/mol. The van der Waals surface area contributed by atoms with E-state index < -0.39 is 48.3 Å². The van der Waals surface area contributed by atoms with Gasteiger partial charge in [-0.15, -0.1) is 0 Å². The number of alkyl carbamates (subject to hydrolysis) is 1. The van der Waals surface area contributed by atoms with Crippen LogP contribution in [0.2, 0.25) is 0 Å². The van der Waals surface area contributed by atoms with Crippen LogP contribution in [0.25, 0.3) is 11.1 Å². The second-order valence-corrected chi connectivity index (χ2v) is 9.63. The van der Waals surface area contributed by atoms with Crippen molar-refractivity contribution in [2.24, 2.45) is 11.8 Å². The standard InChI is InChI=1S/C25H26F2N2O5S/c1-35-11-10-20(23(31)32)29-22(30)21-19(25(21,26)27)12-28-24(33)34-13-18-16-8-4-2-6-14(16)15-7-3-5-9-17(15)18/h2-9,18-21H,10-13H2,1H3,(H,28,33)(H,29,30)(H,31,32)/t19?,20-,21?/m1/s1. The Balaban J connectivity index is 1.30. The van der Waals surface area contributed by atoms with E-state index in [0.29, 0.717) is 5.75 Å². The van der Waals surface area contributed by atoms with Gasteiger partial charge < -0.3 is 20.5 Å². The molecule has 0 aromatic heterocycles. The molecule has 0 bridgehead atoms. The number of carbonyl (C=O) groups is 3. The second-order valence-electron chi connectivity index (χ2n) is 8.65. The van der Waals surface area contributed by atoms with Gasteiger partial charge in [0, 0.05) is 12.5 Å². The van der Waals surface area contributed by atoms with Crippen LogP contribution >= 0.6 is 11.8 Å². The maximum Gasteiger partial charge on any atom is 0.407 e. The molecule has 0 spiro atoms. The lowest BCUT2D eigenvalue weighted by atomic mass is 9.98. The SMILES string of the molecule is CSCC[C@@H](NC(=O)C1C(CNC(=O)OCC2c3ccccc3-c3ccccc32)C1(F)F)C(=O)O. The van der Waals surface area contributed by atoms with Crippen molar-refractivity contribution in [1.82, 2.24) is 10.6 Å². The highest BCUT2D eigenvalue weighted by Crippen LogP contribution is 2.55. The zero-order valence-corrected chi connectivity index (χ0v) is 19.8. The number of nitrogens with one attached hydrogen (secondary N) is 2. The fourth-order valence-electron chi connectivity index (χ4n) is 4.60. The van der Waals surface area contributed by atoms with E-state index in [2.05, 4.69) is 10.6 Å². The molecule has 2 aromatic rings. The van der Waals surface area contributed by atoms with Gasteiger partial charge in [-0.1, -0.05) is 48.5 Å². The molecule has 186 valence electrons. The Hall–Kier alpha value is -3.14. The van der Waals surface area contributed by atoms with E-state index in [-0.39, 0.29) is 18.9 Å². The van der Waals surface area contributed by atoms with Gasteiger partial charge in [0.15, 0.2) is 0 Å². The maximum atomic E-state index is 14.2. The first-order valence-corrected chi connectivity index (χ1v) is 12.6. The summed E-state index contributed by atoms with van der Waals surface area (Å²) in [5.74, 6) is -8.43. The molecule has 0 heterocycles. The van der Waals surface area contributed by atoms with E-state index in [0.717, 1.165) is 22.3 Å². The Morgan fingerprint density at radius 1 is 1.09 bits per heavy atom. The highest BCUT2D eigenvalue weighted by atomic mass is 32.2. The summed E-state index contributed by atoms with van der Waals surface area (Å²) in [6, 6.07) is 14.4. The third-order valence-electron chi connectivity index (χ3n) is 6.52. The number of aliphatic carboxylic acids is 1. The summed E-state index contributed by atoms with van der Waals surface area (Å²) in [5.41, 5.74) is 4.20. The highest BCUT2D eigenvalue weighted by Gasteiger charge is 2.71. The Bertz CT molecular complexity index is 1080. The molecular formula is C25H26F2N2O5S. The summed E-state index contributed by atoms with van der Waals surface area (Å²) in [6.45, 7) is -0.412. The molecule has 35 heavy (non-hydrogen) atoms. The van der Waals surface area contributed by atoms with Crippen LogP contribution in [0.15, 0.2) is 48.5 Å². The molecule has 0 radical (unpaired) electrons. The van der Waals surface area contributed by atoms with Gasteiger partial charge in [-0.25, -0.2) is 18.4 Å². The Labute approximate surface area is 205 Å². The minimum absolute atomic E-state index is 0.0422. The minimum Gasteiger partial charge on any atom is -0.480 e. The van der Waals surface area contributed by atoms with E-state index in [4.69, 9.17) is 4.74 Å². The Morgan fingerprint density at radius 2 is 1.69 bits per heavy atom. The molecule has 1 saturated carbocycles. The molecule has 7 nitrogen and oxygen atoms in total. The average Bonchev–Trinajstić information content (AvgIpc) is 3.25. The van der Waals surface area contributed by atoms with Gasteiger partial charge in [0.25, 0.3) is 5.92 Å². The zero-order chi connectivity index (χ0) is 25.2. The number of fused-ring (bicyclic) bond motifs is 3. The van der Waals surface area contributed by atoms with Crippen LogP contribution in [0.3, 0.4) is 0 Å². The van der Waals surface area contributed by atoms with Gasteiger partial charge in [-0.05, 0) is 40.7 Å². The molecule has 1 fully saturated rings. The number of rotatable bonds is 10. The van der Waals surface area contributed by atoms with Crippen molar-refractivity contribution in [3.05, 3.63) is 59.7 Å². The van der Waals surface area contributed by atoms with Crippen molar-refractivity contribution in [3.8, 4) is 11.1 Å². The van der Waals surface area contributed by atoms with Crippen LogP contribution < -0.4 is 10.6 Å². The molecule has 0 aliphatic heterocycles. The number of hydrogen-bond donors (Lipinski definition) is 3. The number of amides is 2. The van der Waals surface area contributed by atoms with Crippen molar-refractivity contribution < 1.29 is 33.0 Å². The van der Waals surface area contributed by atoms with Gasteiger partial charge in [0.1, 0.15) is 18.6 Å². The van der Waals surface area contributed by atoms with Gasteiger partial charge in [-0.3, -0.25) is 4.79 Å². The summed E-state index contributed by atoms with van der Waals surface area (Å²) < 4.78 is 33.8. The van der Waals surface area contributed by atoms with Gasteiger partial charge in [0.2, 0.25) is 5.91 Å². The number of alkyl halides is 2. The fourth-order valence-corrected chi connectivity index (χ4v) is 5.07. The van der Waals surface area contributed by atoms with Crippen molar-refractivity contribution in [1.29, 1.82) is 0 Å². The molecule has 2 unspecified atom stereocenters. The molecule has 0 saturated heterocycles. The molecule has 3 N–H and O–H groups in total. The molecule has 2 aliphatic carbocycles. The molecular weight excluding hydrogens is 478 g/mol. The molecule has 2 amide bonds. The number of carboxylic acids is 1. The van der Waals surface area contributed by atoms with Crippen LogP contribution in [0.4, 0.5) is 13.6 Å². The van der Waals surface area contributed by atoms with Crippen LogP contribution in [-0.2, 0) is 14.3 Å². The van der Waals surface area contributed by atoms with Crippen molar-refractivity contribution >= 4 is 29.7 Å². The van der Waals surface area contributed by atoms with Crippen molar-refractivity contribution in [2.45, 2.75) is 24.3 Å². The monoisotopic (exact) mass is 504 g/mol. The third-order valence-corrected chi connectivity index (χ3v) is 7.16. The smallest absolute Gasteiger partial charge is 0.407 e. The first-order chi connectivity index (χ1) is 16.8. The highest BCUT2D eigenvalue weighted by molar-refractivity contribution is 7.98. The fraction of sp³-hybridized carbons (Fsp3) is 0.400. The summed E-state index contributed by atoms with van der Waals surface area (Å²) in [5, 5.41) is 13.7. The summed E-state index contributed by atoms with van der Waals surface area (Å²) in [6.07, 6.45) is 1.06. The first-order valence-electron chi connectivity index (χ1n) is 11.2. The first kappa shape index (κ1) is 25.0. The topological polar surface area (TPSA) is 105 Å². The molecule has 3 atom stereocenters. The van der Waals surface area contributed by atoms with Crippen molar-refractivity contribution in [3.63, 3.8) is 0 Å². The summed E-state index contributed by atoms with van der Waals surface area (Å²) in [7, 11) is 0. The summed E-state index contributed by atoms with van der Waals surface area (Å²) >= 11 is 1.39. The number of thioether (sulfide) groups is 1. The predicted molar refractivity (Wildman–Crippen MR) is 128 cm³/mol. The Kier molecular flexibility index (Phi) is 7.30. The largest absolute Gasteiger partial charge is 0.480 e. The minimum atomic E-state index is -3.33. The van der Waals surface area contributed by atoms with E-state index in [1.54, 1.807) is 6.26 Å². The second kappa shape index (κ2) is 10.2. The maximum absolute atomic E-state index is 14.2. The molecule has 4 rings (SSSR count). The van der Waals surface area contributed by atoms with Crippen LogP contribution in [-0.4, -0.2) is 60.2 Å². The molecule has 2 aromatic carbocycles. The van der Waals surface area contributed by atoms with Crippen molar-refractivity contribution in [2.75, 3.05) is 25.2 Å². The lowest BCUT2D eigenvalue weighted by Crippen LogP contribution is -2.42. The van der Waals surface area contributed by atoms with Crippen LogP contribution in [0, 0.1) is 11.8 Å². The molecule has 2 aliphatic rings. The summed E-state index contributed by atoms with van der Waals surface area (Å²) in [4.78, 5) is 35.8. The van der Waals surface area contributed by atoms with E-state index in [1.165, 1.54) is 11.8 Å². The van der Waals surface area contributed by atoms with Gasteiger partial charge in [0.05, 0.1) is 5.92 Å². The number of carbonyl (C=O) groups excluding carboxylic acids is 2. The lowest BCUT2D eigenvalue weighted by molar-refractivity contribution is -0.142. The number of ether oxygens (including phenoxy) is 1. The van der Waals surface area contributed by atoms with E-state index in [9.17, 15) is 28.3 Å². The quantitative estimate of drug-likeness (QED) is 0.456. The van der Waals surface area contributed by atoms with E-state index in [1.807, 2.05) is 48.5 Å². The van der Waals surface area contributed by atoms with E-state index >= 15 is 0 Å². The molecule has 10 heteroatoms. The number of benzene rings is 2. The van der Waals surface area contributed by atoms with Gasteiger partial charge in [-0.2, -0.15) is 11.8 Å². The van der Waals surface area contributed by atoms with Crippen LogP contribution in [0.1, 0.15) is 23.5 Å². The predicted octanol–water partition coefficient (Wildman–Crippen LogP) is 3.73. The Morgan fingerprint density at radius 3 is 2.26 bits per heavy atom. The number of halogens is 2. The van der Waals surface area contributed by atoms with Crippen LogP contribution in [0.5, 0.6) is 0 Å². The third kappa shape index (κ3) is 5.12. The zero-order valence-electron chi connectivity index (χ0n) is 19.0. The van der Waals surface area contributed by atoms with Gasteiger partial charge >= 0.3 is 12.1 Å². The normalized spacial score (nSPS) is 20.3. The number of hydrogen-bond acceptors (Lipinski definition) is 5. The number of carboxylic acid groups (broad SMARTS) is 1.